The van der Waals surface area contributed by atoms with Gasteiger partial charge in [0.2, 0.25) is 0 Å². The lowest BCUT2D eigenvalue weighted by Crippen LogP contribution is -2.30. The van der Waals surface area contributed by atoms with Crippen molar-refractivity contribution in [2.24, 2.45) is 0 Å². The third-order valence-corrected chi connectivity index (χ3v) is 3.90. The fourth-order valence-electron chi connectivity index (χ4n) is 2.61. The molecule has 2 rings (SSSR count). The Morgan fingerprint density at radius 1 is 1.22 bits per heavy atom. The molecule has 1 aliphatic rings. The predicted molar refractivity (Wildman–Crippen MR) is 87.1 cm³/mol. The van der Waals surface area contributed by atoms with E-state index in [1.165, 1.54) is 32.1 Å². The van der Waals surface area contributed by atoms with Gasteiger partial charge in [-0.1, -0.05) is 19.3 Å². The lowest BCUT2D eigenvalue weighted by Gasteiger charge is -2.21. The molecule has 1 amide bonds. The molecular formula is C18H24N2O3. The van der Waals surface area contributed by atoms with Gasteiger partial charge in [0.15, 0.2) is 6.61 Å². The minimum absolute atomic E-state index is 0.0185. The van der Waals surface area contributed by atoms with Crippen LogP contribution in [-0.4, -0.2) is 31.8 Å². The van der Waals surface area contributed by atoms with E-state index in [9.17, 15) is 4.79 Å². The highest BCUT2D eigenvalue weighted by Gasteiger charge is 2.13. The molecule has 0 aliphatic heterocycles. The Kier molecular flexibility index (Phi) is 7.41. The molecule has 23 heavy (non-hydrogen) atoms. The number of nitrogens with one attached hydrogen (secondary N) is 1. The first kappa shape index (κ1) is 17.3. The highest BCUT2D eigenvalue weighted by Crippen LogP contribution is 2.20. The number of rotatable bonds is 8. The zero-order valence-electron chi connectivity index (χ0n) is 13.4. The average molecular weight is 316 g/mol. The van der Waals surface area contributed by atoms with Gasteiger partial charge in [-0.2, -0.15) is 5.26 Å². The third kappa shape index (κ3) is 6.70. The molecule has 0 atom stereocenters. The van der Waals surface area contributed by atoms with Crippen molar-refractivity contribution >= 4 is 5.91 Å². The van der Waals surface area contributed by atoms with E-state index in [0.717, 1.165) is 6.42 Å². The molecule has 5 nitrogen and oxygen atoms in total. The van der Waals surface area contributed by atoms with Crippen LogP contribution >= 0.6 is 0 Å². The molecule has 1 N–H and O–H groups in total. The van der Waals surface area contributed by atoms with Crippen LogP contribution in [0.4, 0.5) is 0 Å². The minimum atomic E-state index is -0.146. The lowest BCUT2D eigenvalue weighted by molar-refractivity contribution is -0.123. The van der Waals surface area contributed by atoms with Crippen LogP contribution in [0, 0.1) is 11.3 Å². The van der Waals surface area contributed by atoms with Gasteiger partial charge in [-0.15, -0.1) is 0 Å². The molecule has 0 aromatic heterocycles. The van der Waals surface area contributed by atoms with Gasteiger partial charge in [-0.25, -0.2) is 0 Å². The first-order valence-electron chi connectivity index (χ1n) is 8.29. The molecule has 0 saturated heterocycles. The number of amides is 1. The Bertz CT molecular complexity index is 516. The van der Waals surface area contributed by atoms with Crippen molar-refractivity contribution in [3.8, 4) is 11.8 Å². The van der Waals surface area contributed by atoms with Crippen molar-refractivity contribution in [2.45, 2.75) is 44.6 Å². The number of hydrogen-bond acceptors (Lipinski definition) is 4. The number of carbonyl (C=O) groups is 1. The summed E-state index contributed by atoms with van der Waals surface area (Å²) in [7, 11) is 0. The number of ether oxygens (including phenoxy) is 2. The SMILES string of the molecule is N#Cc1ccc(OCC(=O)NCCCOC2CCCCC2)cc1. The number of carbonyl (C=O) groups excluding carboxylic acids is 1. The molecule has 0 spiro atoms. The van der Waals surface area contributed by atoms with Crippen molar-refractivity contribution in [3.63, 3.8) is 0 Å². The van der Waals surface area contributed by atoms with Crippen LogP contribution in [0.25, 0.3) is 0 Å². The molecular weight excluding hydrogens is 292 g/mol. The monoisotopic (exact) mass is 316 g/mol. The summed E-state index contributed by atoms with van der Waals surface area (Å²) in [5.41, 5.74) is 0.569. The van der Waals surface area contributed by atoms with Crippen molar-refractivity contribution in [1.82, 2.24) is 5.32 Å². The largest absolute Gasteiger partial charge is 0.484 e. The minimum Gasteiger partial charge on any atom is -0.484 e. The molecule has 0 radical (unpaired) electrons. The van der Waals surface area contributed by atoms with E-state index in [1.807, 2.05) is 6.07 Å². The second-order valence-corrected chi connectivity index (χ2v) is 5.76. The number of benzene rings is 1. The summed E-state index contributed by atoms with van der Waals surface area (Å²) >= 11 is 0. The van der Waals surface area contributed by atoms with E-state index in [4.69, 9.17) is 14.7 Å². The smallest absolute Gasteiger partial charge is 0.257 e. The Morgan fingerprint density at radius 2 is 1.96 bits per heavy atom. The zero-order valence-corrected chi connectivity index (χ0v) is 13.4. The Hall–Kier alpha value is -2.06. The van der Waals surface area contributed by atoms with E-state index in [1.54, 1.807) is 24.3 Å². The van der Waals surface area contributed by atoms with Gasteiger partial charge in [-0.3, -0.25) is 4.79 Å². The van der Waals surface area contributed by atoms with Crippen LogP contribution in [0.15, 0.2) is 24.3 Å². The van der Waals surface area contributed by atoms with Gasteiger partial charge >= 0.3 is 0 Å². The molecule has 1 aromatic rings. The standard InChI is InChI=1S/C18H24N2O3/c19-13-15-7-9-17(10-8-15)23-14-18(21)20-11-4-12-22-16-5-2-1-3-6-16/h7-10,16H,1-6,11-12,14H2,(H,20,21). The molecule has 5 heteroatoms. The molecule has 1 aromatic carbocycles. The Balaban J connectivity index is 1.51. The molecule has 0 heterocycles. The normalized spacial score (nSPS) is 14.9. The first-order valence-corrected chi connectivity index (χ1v) is 8.29. The van der Waals surface area contributed by atoms with Crippen molar-refractivity contribution in [3.05, 3.63) is 29.8 Å². The summed E-state index contributed by atoms with van der Waals surface area (Å²) in [4.78, 5) is 11.7. The lowest BCUT2D eigenvalue weighted by atomic mass is 9.98. The summed E-state index contributed by atoms with van der Waals surface area (Å²) in [6, 6.07) is 8.73. The van der Waals surface area contributed by atoms with Gasteiger partial charge in [0, 0.05) is 13.2 Å². The predicted octanol–water partition coefficient (Wildman–Crippen LogP) is 2.79. The van der Waals surface area contributed by atoms with Crippen molar-refractivity contribution in [1.29, 1.82) is 5.26 Å². The maximum atomic E-state index is 11.7. The topological polar surface area (TPSA) is 71.3 Å². The molecule has 1 aliphatic carbocycles. The fraction of sp³-hybridized carbons (Fsp3) is 0.556. The second-order valence-electron chi connectivity index (χ2n) is 5.76. The van der Waals surface area contributed by atoms with Gasteiger partial charge < -0.3 is 14.8 Å². The van der Waals surface area contributed by atoms with E-state index >= 15 is 0 Å². The van der Waals surface area contributed by atoms with Crippen LogP contribution < -0.4 is 10.1 Å². The fourth-order valence-corrected chi connectivity index (χ4v) is 2.61. The summed E-state index contributed by atoms with van der Waals surface area (Å²) in [5.74, 6) is 0.437. The molecule has 0 bridgehead atoms. The second kappa shape index (κ2) is 9.86. The third-order valence-electron chi connectivity index (χ3n) is 3.90. The van der Waals surface area contributed by atoms with Crippen LogP contribution in [0.5, 0.6) is 5.75 Å². The highest BCUT2D eigenvalue weighted by atomic mass is 16.5. The zero-order chi connectivity index (χ0) is 16.3. The molecule has 1 saturated carbocycles. The van der Waals surface area contributed by atoms with Crippen LogP contribution in [-0.2, 0) is 9.53 Å². The van der Waals surface area contributed by atoms with E-state index in [0.29, 0.717) is 30.6 Å². The van der Waals surface area contributed by atoms with Crippen LogP contribution in [0.3, 0.4) is 0 Å². The van der Waals surface area contributed by atoms with Gasteiger partial charge in [0.05, 0.1) is 17.7 Å². The Labute approximate surface area is 137 Å². The quantitative estimate of drug-likeness (QED) is 0.749. The van der Waals surface area contributed by atoms with Crippen molar-refractivity contribution < 1.29 is 14.3 Å². The highest BCUT2D eigenvalue weighted by molar-refractivity contribution is 5.77. The first-order chi connectivity index (χ1) is 11.3. The van der Waals surface area contributed by atoms with Gasteiger partial charge in [0.25, 0.3) is 5.91 Å². The summed E-state index contributed by atoms with van der Waals surface area (Å²) < 4.78 is 11.2. The van der Waals surface area contributed by atoms with Gasteiger partial charge in [0.1, 0.15) is 5.75 Å². The van der Waals surface area contributed by atoms with Gasteiger partial charge in [-0.05, 0) is 43.5 Å². The molecule has 0 unspecified atom stereocenters. The molecule has 1 fully saturated rings. The summed E-state index contributed by atoms with van der Waals surface area (Å²) in [6.45, 7) is 1.28. The maximum Gasteiger partial charge on any atom is 0.257 e. The van der Waals surface area contributed by atoms with Crippen LogP contribution in [0.1, 0.15) is 44.1 Å². The summed E-state index contributed by atoms with van der Waals surface area (Å²) in [5, 5.41) is 11.5. The van der Waals surface area contributed by atoms with E-state index in [2.05, 4.69) is 5.32 Å². The number of nitriles is 1. The maximum absolute atomic E-state index is 11.7. The van der Waals surface area contributed by atoms with E-state index < -0.39 is 0 Å². The van der Waals surface area contributed by atoms with E-state index in [-0.39, 0.29) is 12.5 Å². The van der Waals surface area contributed by atoms with Crippen LogP contribution in [0.2, 0.25) is 0 Å². The number of hydrogen-bond donors (Lipinski definition) is 1. The Morgan fingerprint density at radius 3 is 2.65 bits per heavy atom. The summed E-state index contributed by atoms with van der Waals surface area (Å²) in [6.07, 6.45) is 7.45. The average Bonchev–Trinajstić information content (AvgIpc) is 2.61. The molecule has 124 valence electrons. The van der Waals surface area contributed by atoms with Crippen molar-refractivity contribution in [2.75, 3.05) is 19.8 Å². The number of nitrogens with zero attached hydrogens (tertiary/aromatic N) is 1.